The highest BCUT2D eigenvalue weighted by Crippen LogP contribution is 2.37. The van der Waals surface area contributed by atoms with Crippen LogP contribution in [0.4, 0.5) is 0 Å². The fourth-order valence-electron chi connectivity index (χ4n) is 4.96. The smallest absolute Gasteiger partial charge is 0.250 e. The molecule has 1 spiro atoms. The number of nitrogens with one attached hydrogen (secondary N) is 1. The van der Waals surface area contributed by atoms with E-state index in [2.05, 4.69) is 16.3 Å². The molecule has 5 nitrogen and oxygen atoms in total. The van der Waals surface area contributed by atoms with Crippen LogP contribution in [0.2, 0.25) is 0 Å². The molecule has 0 aliphatic carbocycles. The summed E-state index contributed by atoms with van der Waals surface area (Å²) in [5, 5.41) is 3.46. The van der Waals surface area contributed by atoms with E-state index in [-0.39, 0.29) is 11.2 Å². The SMILES string of the molecule is Cn1ccc(C2CCN(C3CCOC4(CCNCC4)C3)CC2)cc1=O. The van der Waals surface area contributed by atoms with E-state index in [0.29, 0.717) is 12.0 Å². The molecule has 3 aliphatic heterocycles. The van der Waals surface area contributed by atoms with Crippen LogP contribution in [0.25, 0.3) is 0 Å². The first kappa shape index (κ1) is 17.3. The number of piperidine rings is 2. The third kappa shape index (κ3) is 3.69. The molecule has 25 heavy (non-hydrogen) atoms. The number of pyridine rings is 1. The van der Waals surface area contributed by atoms with Crippen LogP contribution < -0.4 is 10.9 Å². The lowest BCUT2D eigenvalue weighted by Gasteiger charge is -2.48. The molecule has 138 valence electrons. The van der Waals surface area contributed by atoms with Crippen molar-refractivity contribution in [1.29, 1.82) is 0 Å². The first-order valence-electron chi connectivity index (χ1n) is 9.91. The number of aromatic nitrogens is 1. The lowest BCUT2D eigenvalue weighted by Crippen LogP contribution is -2.54. The molecular weight excluding hydrogens is 314 g/mol. The van der Waals surface area contributed by atoms with Crippen molar-refractivity contribution < 1.29 is 4.74 Å². The molecule has 0 aromatic carbocycles. The fourth-order valence-corrected chi connectivity index (χ4v) is 4.96. The number of aryl methyl sites for hydroxylation is 1. The quantitative estimate of drug-likeness (QED) is 0.889. The lowest BCUT2D eigenvalue weighted by atomic mass is 9.81. The van der Waals surface area contributed by atoms with Gasteiger partial charge in [0.2, 0.25) is 0 Å². The van der Waals surface area contributed by atoms with Crippen molar-refractivity contribution in [1.82, 2.24) is 14.8 Å². The van der Waals surface area contributed by atoms with Gasteiger partial charge in [0.25, 0.3) is 5.56 Å². The maximum atomic E-state index is 11.9. The maximum absolute atomic E-state index is 11.9. The van der Waals surface area contributed by atoms with Gasteiger partial charge in [0.15, 0.2) is 0 Å². The van der Waals surface area contributed by atoms with E-state index in [1.807, 2.05) is 19.3 Å². The van der Waals surface area contributed by atoms with E-state index >= 15 is 0 Å². The molecule has 1 unspecified atom stereocenters. The van der Waals surface area contributed by atoms with Gasteiger partial charge in [0.1, 0.15) is 0 Å². The summed E-state index contributed by atoms with van der Waals surface area (Å²) < 4.78 is 7.89. The second-order valence-corrected chi connectivity index (χ2v) is 8.15. The highest BCUT2D eigenvalue weighted by atomic mass is 16.5. The van der Waals surface area contributed by atoms with Gasteiger partial charge in [0.05, 0.1) is 5.60 Å². The van der Waals surface area contributed by atoms with Crippen LogP contribution in [0.15, 0.2) is 23.1 Å². The number of ether oxygens (including phenoxy) is 1. The van der Waals surface area contributed by atoms with E-state index in [0.717, 1.165) is 45.6 Å². The van der Waals surface area contributed by atoms with Crippen LogP contribution in [0, 0.1) is 0 Å². The van der Waals surface area contributed by atoms with Crippen LogP contribution in [0.1, 0.15) is 50.0 Å². The van der Waals surface area contributed by atoms with Crippen LogP contribution >= 0.6 is 0 Å². The summed E-state index contributed by atoms with van der Waals surface area (Å²) in [6.07, 6.45) is 8.93. The number of rotatable bonds is 2. The molecule has 1 aromatic heterocycles. The molecule has 0 amide bonds. The molecule has 3 aliphatic rings. The van der Waals surface area contributed by atoms with Gasteiger partial charge in [-0.25, -0.2) is 0 Å². The first-order valence-corrected chi connectivity index (χ1v) is 9.91. The fraction of sp³-hybridized carbons (Fsp3) is 0.750. The Kier molecular flexibility index (Phi) is 4.98. The van der Waals surface area contributed by atoms with Crippen molar-refractivity contribution in [3.05, 3.63) is 34.2 Å². The van der Waals surface area contributed by atoms with Crippen LogP contribution in [-0.2, 0) is 11.8 Å². The number of hydrogen-bond acceptors (Lipinski definition) is 4. The Morgan fingerprint density at radius 3 is 2.68 bits per heavy atom. The molecule has 1 atom stereocenters. The Balaban J connectivity index is 1.36. The summed E-state index contributed by atoms with van der Waals surface area (Å²) in [7, 11) is 1.82. The van der Waals surface area contributed by atoms with E-state index < -0.39 is 0 Å². The molecule has 1 N–H and O–H groups in total. The zero-order chi connectivity index (χ0) is 17.3. The third-order valence-electron chi connectivity index (χ3n) is 6.63. The highest BCUT2D eigenvalue weighted by molar-refractivity contribution is 5.17. The molecule has 4 heterocycles. The van der Waals surface area contributed by atoms with Crippen molar-refractivity contribution in [2.45, 2.75) is 56.1 Å². The Labute approximate surface area is 150 Å². The molecule has 0 radical (unpaired) electrons. The van der Waals surface area contributed by atoms with Crippen LogP contribution in [0.5, 0.6) is 0 Å². The predicted octanol–water partition coefficient (Wildman–Crippen LogP) is 1.87. The number of nitrogens with zero attached hydrogens (tertiary/aromatic N) is 2. The predicted molar refractivity (Wildman–Crippen MR) is 99.0 cm³/mol. The number of likely N-dealkylation sites (tertiary alicyclic amines) is 1. The summed E-state index contributed by atoms with van der Waals surface area (Å²) in [4.78, 5) is 14.6. The Morgan fingerprint density at radius 1 is 1.20 bits per heavy atom. The van der Waals surface area contributed by atoms with Gasteiger partial charge < -0.3 is 19.5 Å². The Hall–Kier alpha value is -1.17. The third-order valence-corrected chi connectivity index (χ3v) is 6.63. The van der Waals surface area contributed by atoms with Gasteiger partial charge in [-0.05, 0) is 82.3 Å². The molecule has 4 rings (SSSR count). The normalized spacial score (nSPS) is 28.3. The minimum absolute atomic E-state index is 0.109. The first-order chi connectivity index (χ1) is 12.2. The Bertz CT molecular complexity index is 637. The zero-order valence-electron chi connectivity index (χ0n) is 15.4. The molecule has 1 aromatic rings. The zero-order valence-corrected chi connectivity index (χ0v) is 15.4. The van der Waals surface area contributed by atoms with Gasteiger partial charge in [-0.1, -0.05) is 0 Å². The topological polar surface area (TPSA) is 46.5 Å². The second kappa shape index (κ2) is 7.22. The van der Waals surface area contributed by atoms with Gasteiger partial charge >= 0.3 is 0 Å². The monoisotopic (exact) mass is 345 g/mol. The Morgan fingerprint density at radius 2 is 1.96 bits per heavy atom. The minimum Gasteiger partial charge on any atom is -0.375 e. The van der Waals surface area contributed by atoms with Crippen molar-refractivity contribution in [2.24, 2.45) is 7.05 Å². The molecule has 0 bridgehead atoms. The van der Waals surface area contributed by atoms with Gasteiger partial charge in [-0.15, -0.1) is 0 Å². The molecule has 3 saturated heterocycles. The van der Waals surface area contributed by atoms with Crippen LogP contribution in [0.3, 0.4) is 0 Å². The van der Waals surface area contributed by atoms with E-state index in [1.165, 1.54) is 31.2 Å². The van der Waals surface area contributed by atoms with Gasteiger partial charge in [-0.2, -0.15) is 0 Å². The summed E-state index contributed by atoms with van der Waals surface area (Å²) in [5.41, 5.74) is 1.47. The van der Waals surface area contributed by atoms with Gasteiger partial charge in [-0.3, -0.25) is 4.79 Å². The van der Waals surface area contributed by atoms with Crippen LogP contribution in [-0.4, -0.2) is 53.9 Å². The largest absolute Gasteiger partial charge is 0.375 e. The van der Waals surface area contributed by atoms with Crippen molar-refractivity contribution in [3.8, 4) is 0 Å². The van der Waals surface area contributed by atoms with Gasteiger partial charge in [0, 0.05) is 32.0 Å². The van der Waals surface area contributed by atoms with Crippen molar-refractivity contribution >= 4 is 0 Å². The number of hydrogen-bond donors (Lipinski definition) is 1. The second-order valence-electron chi connectivity index (χ2n) is 8.15. The van der Waals surface area contributed by atoms with Crippen molar-refractivity contribution in [3.63, 3.8) is 0 Å². The van der Waals surface area contributed by atoms with Crippen molar-refractivity contribution in [2.75, 3.05) is 32.8 Å². The van der Waals surface area contributed by atoms with E-state index in [4.69, 9.17) is 4.74 Å². The average molecular weight is 345 g/mol. The summed E-state index contributed by atoms with van der Waals surface area (Å²) in [5.74, 6) is 0.540. The standard InChI is InChI=1S/C20H31N3O2/c1-22-10-2-17(14-19(22)24)16-3-11-23(12-4-16)18-5-13-25-20(15-18)6-8-21-9-7-20/h2,10,14,16,18,21H,3-9,11-13,15H2,1H3. The highest BCUT2D eigenvalue weighted by Gasteiger charge is 2.40. The molecule has 3 fully saturated rings. The summed E-state index contributed by atoms with van der Waals surface area (Å²) in [6, 6.07) is 4.63. The lowest BCUT2D eigenvalue weighted by molar-refractivity contribution is -0.122. The maximum Gasteiger partial charge on any atom is 0.250 e. The van der Waals surface area contributed by atoms with E-state index in [1.54, 1.807) is 4.57 Å². The molecule has 5 heteroatoms. The molecule has 0 saturated carbocycles. The van der Waals surface area contributed by atoms with E-state index in [9.17, 15) is 4.79 Å². The summed E-state index contributed by atoms with van der Waals surface area (Å²) in [6.45, 7) is 5.41. The minimum atomic E-state index is 0.109. The average Bonchev–Trinajstić information content (AvgIpc) is 2.65. The summed E-state index contributed by atoms with van der Waals surface area (Å²) >= 11 is 0. The molecular formula is C20H31N3O2.